The van der Waals surface area contributed by atoms with Gasteiger partial charge in [-0.3, -0.25) is 5.41 Å². The van der Waals surface area contributed by atoms with Crippen molar-refractivity contribution in [3.63, 3.8) is 0 Å². The second-order valence-electron chi connectivity index (χ2n) is 2.95. The van der Waals surface area contributed by atoms with E-state index < -0.39 is 5.97 Å². The number of nitrogens with one attached hydrogen (secondary N) is 2. The van der Waals surface area contributed by atoms with Gasteiger partial charge in [-0.15, -0.1) is 0 Å². The summed E-state index contributed by atoms with van der Waals surface area (Å²) in [4.78, 5) is 11.1. The number of nitrogens with zero attached hydrogens (tertiary/aromatic N) is 1. The summed E-state index contributed by atoms with van der Waals surface area (Å²) in [7, 11) is 1.72. The summed E-state index contributed by atoms with van der Waals surface area (Å²) in [6, 6.07) is 4.81. The zero-order valence-corrected chi connectivity index (χ0v) is 8.76. The molecule has 1 aromatic heterocycles. The first-order valence-electron chi connectivity index (χ1n) is 4.24. The first-order valence-corrected chi connectivity index (χ1v) is 5.06. The highest BCUT2D eigenvalue weighted by molar-refractivity contribution is 7.16. The Morgan fingerprint density at radius 3 is 2.93 bits per heavy atom. The van der Waals surface area contributed by atoms with Gasteiger partial charge in [0.05, 0.1) is 15.8 Å². The summed E-state index contributed by atoms with van der Waals surface area (Å²) in [5, 5.41) is 16.5. The molecule has 0 radical (unpaired) electrons. The van der Waals surface area contributed by atoms with E-state index >= 15 is 0 Å². The highest BCUT2D eigenvalue weighted by Gasteiger charge is 2.08. The molecule has 0 aliphatic carbocycles. The average molecular weight is 223 g/mol. The highest BCUT2D eigenvalue weighted by atomic mass is 32.1. The van der Waals surface area contributed by atoms with Gasteiger partial charge in [-0.05, 0) is 18.2 Å². The van der Waals surface area contributed by atoms with Crippen molar-refractivity contribution in [2.24, 2.45) is 0 Å². The van der Waals surface area contributed by atoms with E-state index in [0.29, 0.717) is 4.80 Å². The van der Waals surface area contributed by atoms with Crippen LogP contribution < -0.4 is 10.2 Å². The number of carboxylic acids is 1. The first-order chi connectivity index (χ1) is 7.13. The minimum Gasteiger partial charge on any atom is -0.478 e. The van der Waals surface area contributed by atoms with Crippen LogP contribution >= 0.6 is 11.3 Å². The van der Waals surface area contributed by atoms with E-state index in [2.05, 4.69) is 5.43 Å². The van der Waals surface area contributed by atoms with E-state index in [1.54, 1.807) is 23.9 Å². The van der Waals surface area contributed by atoms with E-state index in [9.17, 15) is 4.79 Å². The predicted molar refractivity (Wildman–Crippen MR) is 57.9 cm³/mol. The fraction of sp³-hybridized carbons (Fsp3) is 0.111. The molecule has 2 rings (SSSR count). The number of thiazole rings is 1. The molecule has 1 aromatic carbocycles. The largest absolute Gasteiger partial charge is 0.478 e. The second-order valence-corrected chi connectivity index (χ2v) is 3.98. The zero-order chi connectivity index (χ0) is 11.0. The van der Waals surface area contributed by atoms with Crippen molar-refractivity contribution in [3.8, 4) is 0 Å². The third-order valence-electron chi connectivity index (χ3n) is 2.08. The lowest BCUT2D eigenvalue weighted by molar-refractivity contribution is 0.0697. The van der Waals surface area contributed by atoms with Crippen LogP contribution in [0, 0.1) is 5.41 Å². The Kier molecular flexibility index (Phi) is 2.20. The van der Waals surface area contributed by atoms with Crippen LogP contribution in [0.1, 0.15) is 10.4 Å². The highest BCUT2D eigenvalue weighted by Crippen LogP contribution is 2.18. The Hall–Kier alpha value is -1.82. The van der Waals surface area contributed by atoms with Crippen LogP contribution in [0.2, 0.25) is 0 Å². The minimum atomic E-state index is -0.951. The Morgan fingerprint density at radius 1 is 1.60 bits per heavy atom. The Bertz CT molecular complexity index is 585. The molecular weight excluding hydrogens is 214 g/mol. The third-order valence-corrected chi connectivity index (χ3v) is 3.00. The second kappa shape index (κ2) is 3.39. The molecule has 0 bridgehead atoms. The van der Waals surface area contributed by atoms with E-state index in [4.69, 9.17) is 10.5 Å². The van der Waals surface area contributed by atoms with Gasteiger partial charge in [-0.2, -0.15) is 0 Å². The number of benzene rings is 1. The maximum Gasteiger partial charge on any atom is 0.335 e. The molecule has 0 saturated heterocycles. The molecular formula is C9H9N3O2S. The molecule has 5 nitrogen and oxygen atoms in total. The van der Waals surface area contributed by atoms with E-state index in [-0.39, 0.29) is 5.56 Å². The number of hydrogen-bond acceptors (Lipinski definition) is 4. The molecule has 3 N–H and O–H groups in total. The van der Waals surface area contributed by atoms with Crippen LogP contribution in [0.25, 0.3) is 10.2 Å². The molecule has 6 heteroatoms. The van der Waals surface area contributed by atoms with Crippen LogP contribution in [0.3, 0.4) is 0 Å². The topological polar surface area (TPSA) is 78.1 Å². The third kappa shape index (κ3) is 1.48. The maximum atomic E-state index is 10.7. The lowest BCUT2D eigenvalue weighted by atomic mass is 10.2. The van der Waals surface area contributed by atoms with Gasteiger partial charge in [0.15, 0.2) is 0 Å². The molecule has 1 heterocycles. The summed E-state index contributed by atoms with van der Waals surface area (Å²) in [5.41, 5.74) is 3.92. The molecule has 0 aliphatic rings. The van der Waals surface area contributed by atoms with Crippen molar-refractivity contribution in [3.05, 3.63) is 28.6 Å². The van der Waals surface area contributed by atoms with Gasteiger partial charge in [0.25, 0.3) is 0 Å². The minimum absolute atomic E-state index is 0.243. The van der Waals surface area contributed by atoms with Gasteiger partial charge in [0.1, 0.15) is 0 Å². The monoisotopic (exact) mass is 223 g/mol. The molecule has 0 saturated carbocycles. The van der Waals surface area contributed by atoms with Gasteiger partial charge in [-0.1, -0.05) is 11.3 Å². The molecule has 15 heavy (non-hydrogen) atoms. The summed E-state index contributed by atoms with van der Waals surface area (Å²) >= 11 is 1.24. The summed E-state index contributed by atoms with van der Waals surface area (Å²) in [5.74, 6) is -0.951. The van der Waals surface area contributed by atoms with Crippen LogP contribution in [-0.2, 0) is 0 Å². The van der Waals surface area contributed by atoms with Crippen molar-refractivity contribution in [1.29, 1.82) is 5.41 Å². The smallest absolute Gasteiger partial charge is 0.335 e. The molecule has 78 valence electrons. The first kappa shape index (κ1) is 9.72. The predicted octanol–water partition coefficient (Wildman–Crippen LogP) is 1.05. The lowest BCUT2D eigenvalue weighted by Crippen LogP contribution is -2.20. The number of carbonyl (C=O) groups is 1. The maximum absolute atomic E-state index is 10.7. The summed E-state index contributed by atoms with van der Waals surface area (Å²) in [6.07, 6.45) is 0. The van der Waals surface area contributed by atoms with Crippen molar-refractivity contribution in [1.82, 2.24) is 4.68 Å². The normalized spacial score (nSPS) is 10.5. The van der Waals surface area contributed by atoms with Crippen LogP contribution in [0.15, 0.2) is 18.2 Å². The fourth-order valence-electron chi connectivity index (χ4n) is 1.39. The molecule has 2 aromatic rings. The molecule has 0 spiro atoms. The number of fused-ring (bicyclic) bond motifs is 1. The number of aromatic nitrogens is 1. The number of carboxylic acid groups (broad SMARTS) is 1. The van der Waals surface area contributed by atoms with Crippen LogP contribution in [0.5, 0.6) is 0 Å². The number of hydrogen-bond donors (Lipinski definition) is 3. The van der Waals surface area contributed by atoms with Crippen molar-refractivity contribution < 1.29 is 9.90 Å². The summed E-state index contributed by atoms with van der Waals surface area (Å²) < 4.78 is 2.39. The van der Waals surface area contributed by atoms with Gasteiger partial charge in [0, 0.05) is 7.05 Å². The number of rotatable bonds is 2. The molecule has 0 aliphatic heterocycles. The zero-order valence-electron chi connectivity index (χ0n) is 7.94. The van der Waals surface area contributed by atoms with Crippen molar-refractivity contribution in [2.75, 3.05) is 12.5 Å². The molecule has 0 unspecified atom stereocenters. The average Bonchev–Trinajstić information content (AvgIpc) is 2.51. The van der Waals surface area contributed by atoms with Gasteiger partial charge in [0.2, 0.25) is 4.80 Å². The quantitative estimate of drug-likeness (QED) is 0.712. The van der Waals surface area contributed by atoms with Crippen LogP contribution in [-0.4, -0.2) is 22.8 Å². The standard InChI is InChI=1S/C9H9N3O2S/c1-11-12-6-3-2-5(8(13)14)4-7(6)15-9(12)10/h2-4,10-11H,1H3,(H,13,14). The Labute approximate surface area is 89.1 Å². The SMILES string of the molecule is CNn1c(=N)sc2cc(C(=O)O)ccc21. The van der Waals surface area contributed by atoms with Crippen molar-refractivity contribution >= 4 is 27.5 Å². The Morgan fingerprint density at radius 2 is 2.33 bits per heavy atom. The molecule has 0 atom stereocenters. The van der Waals surface area contributed by atoms with Gasteiger partial charge < -0.3 is 10.5 Å². The Balaban J connectivity index is 2.75. The van der Waals surface area contributed by atoms with Gasteiger partial charge in [-0.25, -0.2) is 9.47 Å². The van der Waals surface area contributed by atoms with Gasteiger partial charge >= 0.3 is 5.97 Å². The van der Waals surface area contributed by atoms with Crippen molar-refractivity contribution in [2.45, 2.75) is 0 Å². The number of aromatic carboxylic acids is 1. The van der Waals surface area contributed by atoms with E-state index in [0.717, 1.165) is 10.2 Å². The fourth-order valence-corrected chi connectivity index (χ4v) is 2.33. The van der Waals surface area contributed by atoms with E-state index in [1.807, 2.05) is 0 Å². The van der Waals surface area contributed by atoms with Crippen LogP contribution in [0.4, 0.5) is 0 Å². The molecule has 0 fully saturated rings. The lowest BCUT2D eigenvalue weighted by Gasteiger charge is -2.01. The summed E-state index contributed by atoms with van der Waals surface area (Å²) in [6.45, 7) is 0. The van der Waals surface area contributed by atoms with E-state index in [1.165, 1.54) is 17.4 Å². The molecule has 0 amide bonds.